The highest BCUT2D eigenvalue weighted by molar-refractivity contribution is 5.84. The van der Waals surface area contributed by atoms with Crippen molar-refractivity contribution in [3.8, 4) is 11.4 Å². The van der Waals surface area contributed by atoms with Gasteiger partial charge < -0.3 is 18.8 Å². The fraction of sp³-hybridized carbons (Fsp3) is 0.296. The Balaban J connectivity index is 1.34. The molecule has 1 aromatic carbocycles. The van der Waals surface area contributed by atoms with E-state index in [0.717, 1.165) is 22.9 Å². The topological polar surface area (TPSA) is 86.8 Å². The number of carbonyl (C=O) groups excluding carboxylic acids is 1. The normalized spacial score (nSPS) is 13.5. The Morgan fingerprint density at radius 2 is 2.00 bits per heavy atom. The van der Waals surface area contributed by atoms with Crippen LogP contribution in [-0.2, 0) is 24.3 Å². The lowest BCUT2D eigenvalue weighted by Crippen LogP contribution is -2.39. The van der Waals surface area contributed by atoms with Crippen LogP contribution < -0.4 is 10.3 Å². The summed E-state index contributed by atoms with van der Waals surface area (Å²) in [6.45, 7) is 6.52. The van der Waals surface area contributed by atoms with Crippen molar-refractivity contribution in [2.24, 2.45) is 0 Å². The summed E-state index contributed by atoms with van der Waals surface area (Å²) < 4.78 is 31.7. The van der Waals surface area contributed by atoms with Crippen molar-refractivity contribution in [3.63, 3.8) is 0 Å². The summed E-state index contributed by atoms with van der Waals surface area (Å²) in [5, 5.41) is 0.970. The number of aromatic nitrogens is 2. The Kier molecular flexibility index (Phi) is 5.99. The van der Waals surface area contributed by atoms with Crippen LogP contribution in [0.3, 0.4) is 0 Å². The molecule has 0 N–H and O–H groups in total. The zero-order valence-electron chi connectivity index (χ0n) is 20.3. The number of carbonyl (C=O) groups is 1. The van der Waals surface area contributed by atoms with Gasteiger partial charge >= 0.3 is 6.09 Å². The third kappa shape index (κ3) is 4.95. The van der Waals surface area contributed by atoms with Crippen molar-refractivity contribution in [1.82, 2.24) is 14.5 Å². The van der Waals surface area contributed by atoms with Gasteiger partial charge in [0.25, 0.3) is 5.56 Å². The van der Waals surface area contributed by atoms with Crippen molar-refractivity contribution >= 4 is 17.1 Å². The van der Waals surface area contributed by atoms with Crippen LogP contribution in [0.5, 0.6) is 5.75 Å². The van der Waals surface area contributed by atoms with Gasteiger partial charge in [0.15, 0.2) is 0 Å². The molecular weight excluding hydrogens is 465 g/mol. The third-order valence-corrected chi connectivity index (χ3v) is 5.82. The summed E-state index contributed by atoms with van der Waals surface area (Å²) in [5.41, 5.74) is 2.09. The minimum Gasteiger partial charge on any atom is -0.487 e. The van der Waals surface area contributed by atoms with Gasteiger partial charge in [-0.25, -0.2) is 9.18 Å². The van der Waals surface area contributed by atoms with E-state index < -0.39 is 11.4 Å². The lowest BCUT2D eigenvalue weighted by molar-refractivity contribution is 0.0210. The van der Waals surface area contributed by atoms with Crippen LogP contribution in [0.4, 0.5) is 9.18 Å². The molecule has 9 heteroatoms. The third-order valence-electron chi connectivity index (χ3n) is 5.82. The smallest absolute Gasteiger partial charge is 0.410 e. The molecule has 0 saturated heterocycles. The Morgan fingerprint density at radius 1 is 1.17 bits per heavy atom. The molecule has 3 aromatic heterocycles. The minimum absolute atomic E-state index is 0.119. The van der Waals surface area contributed by atoms with E-state index in [9.17, 15) is 14.0 Å². The number of halogens is 1. The summed E-state index contributed by atoms with van der Waals surface area (Å²) in [5.74, 6) is 0.694. The SMILES string of the molecule is CC(C)(C)OC(=O)N1CCc2c(oc3cc(-n4ccc(OCc5ccc(F)cn5)cc4=O)ccc23)C1. The van der Waals surface area contributed by atoms with Crippen LogP contribution in [0.25, 0.3) is 16.7 Å². The molecule has 0 atom stereocenters. The van der Waals surface area contributed by atoms with Crippen molar-refractivity contribution < 1.29 is 23.1 Å². The molecule has 0 fully saturated rings. The van der Waals surface area contributed by atoms with E-state index in [1.165, 1.54) is 22.8 Å². The molecule has 0 saturated carbocycles. The number of pyridine rings is 2. The van der Waals surface area contributed by atoms with Crippen molar-refractivity contribution in [3.05, 3.63) is 88.0 Å². The van der Waals surface area contributed by atoms with Gasteiger partial charge in [-0.1, -0.05) is 0 Å². The Morgan fingerprint density at radius 3 is 2.72 bits per heavy atom. The quantitative estimate of drug-likeness (QED) is 0.400. The predicted octanol–water partition coefficient (Wildman–Crippen LogP) is 4.99. The molecule has 0 spiro atoms. The highest BCUT2D eigenvalue weighted by Gasteiger charge is 2.29. The molecule has 0 radical (unpaired) electrons. The molecule has 36 heavy (non-hydrogen) atoms. The van der Waals surface area contributed by atoms with Gasteiger partial charge in [-0.15, -0.1) is 0 Å². The first-order valence-electron chi connectivity index (χ1n) is 11.6. The highest BCUT2D eigenvalue weighted by Crippen LogP contribution is 2.32. The lowest BCUT2D eigenvalue weighted by Gasteiger charge is -2.29. The fourth-order valence-corrected chi connectivity index (χ4v) is 4.14. The first-order valence-corrected chi connectivity index (χ1v) is 11.6. The molecule has 0 bridgehead atoms. The average Bonchev–Trinajstić information content (AvgIpc) is 3.19. The maximum Gasteiger partial charge on any atom is 0.410 e. The molecule has 4 heterocycles. The highest BCUT2D eigenvalue weighted by atomic mass is 19.1. The Bertz CT molecular complexity index is 1480. The van der Waals surface area contributed by atoms with E-state index in [4.69, 9.17) is 13.9 Å². The molecule has 1 aliphatic heterocycles. The zero-order chi connectivity index (χ0) is 25.4. The predicted molar refractivity (Wildman–Crippen MR) is 131 cm³/mol. The van der Waals surface area contributed by atoms with Crippen LogP contribution in [0.1, 0.15) is 37.8 Å². The molecule has 0 aliphatic carbocycles. The summed E-state index contributed by atoms with van der Waals surface area (Å²) in [6.07, 6.45) is 3.05. The number of benzene rings is 1. The van der Waals surface area contributed by atoms with Gasteiger partial charge in [-0.3, -0.25) is 14.3 Å². The van der Waals surface area contributed by atoms with Crippen LogP contribution >= 0.6 is 0 Å². The first kappa shape index (κ1) is 23.6. The maximum absolute atomic E-state index is 13.0. The summed E-state index contributed by atoms with van der Waals surface area (Å²) in [7, 11) is 0. The standard InChI is InChI=1S/C27H26FN3O5/c1-27(2,3)36-26(33)30-10-9-22-21-7-6-19(12-23(21)35-24(22)15-30)31-11-8-20(13-25(31)32)34-16-18-5-4-17(28)14-29-18/h4-8,11-14H,9-10,15-16H2,1-3H3. The molecule has 186 valence electrons. The van der Waals surface area contributed by atoms with E-state index in [-0.39, 0.29) is 18.3 Å². The van der Waals surface area contributed by atoms with E-state index in [2.05, 4.69) is 4.98 Å². The van der Waals surface area contributed by atoms with Crippen LogP contribution in [0.2, 0.25) is 0 Å². The van der Waals surface area contributed by atoms with Gasteiger partial charge in [-0.2, -0.15) is 0 Å². The number of nitrogens with zero attached hydrogens (tertiary/aromatic N) is 3. The number of rotatable bonds is 4. The number of furan rings is 1. The van der Waals surface area contributed by atoms with Crippen LogP contribution in [0, 0.1) is 5.82 Å². The summed E-state index contributed by atoms with van der Waals surface area (Å²) in [6, 6.07) is 11.5. The van der Waals surface area contributed by atoms with E-state index >= 15 is 0 Å². The number of hydrogen-bond donors (Lipinski definition) is 0. The molecule has 8 nitrogen and oxygen atoms in total. The molecule has 4 aromatic rings. The van der Waals surface area contributed by atoms with E-state index in [1.54, 1.807) is 17.2 Å². The summed E-state index contributed by atoms with van der Waals surface area (Å²) in [4.78, 5) is 30.9. The molecule has 1 aliphatic rings. The maximum atomic E-state index is 13.0. The average molecular weight is 492 g/mol. The number of ether oxygens (including phenoxy) is 2. The number of fused-ring (bicyclic) bond motifs is 3. The van der Waals surface area contributed by atoms with E-state index in [0.29, 0.717) is 42.2 Å². The fourth-order valence-electron chi connectivity index (χ4n) is 4.14. The second kappa shape index (κ2) is 9.14. The van der Waals surface area contributed by atoms with Gasteiger partial charge in [0.1, 0.15) is 35.1 Å². The van der Waals surface area contributed by atoms with Crippen LogP contribution in [0.15, 0.2) is 64.1 Å². The Labute approximate surface area is 206 Å². The second-order valence-electron chi connectivity index (χ2n) is 9.66. The van der Waals surface area contributed by atoms with Crippen molar-refractivity contribution in [2.75, 3.05) is 6.54 Å². The Hall–Kier alpha value is -4.14. The number of hydrogen-bond acceptors (Lipinski definition) is 6. The van der Waals surface area contributed by atoms with Gasteiger partial charge in [-0.05, 0) is 57.5 Å². The second-order valence-corrected chi connectivity index (χ2v) is 9.66. The monoisotopic (exact) mass is 491 g/mol. The van der Waals surface area contributed by atoms with Gasteiger partial charge in [0.05, 0.1) is 24.1 Å². The van der Waals surface area contributed by atoms with E-state index in [1.807, 2.05) is 39.0 Å². The first-order chi connectivity index (χ1) is 17.2. The molecule has 5 rings (SSSR count). The molecule has 1 amide bonds. The summed E-state index contributed by atoms with van der Waals surface area (Å²) >= 11 is 0. The minimum atomic E-state index is -0.564. The number of amides is 1. The molecule has 0 unspecified atom stereocenters. The zero-order valence-corrected chi connectivity index (χ0v) is 20.3. The molecular formula is C27H26FN3O5. The lowest BCUT2D eigenvalue weighted by atomic mass is 10.0. The van der Waals surface area contributed by atoms with Crippen molar-refractivity contribution in [1.29, 1.82) is 0 Å². The van der Waals surface area contributed by atoms with Gasteiger partial charge in [0.2, 0.25) is 0 Å². The van der Waals surface area contributed by atoms with Crippen molar-refractivity contribution in [2.45, 2.75) is 45.9 Å². The van der Waals surface area contributed by atoms with Crippen LogP contribution in [-0.4, -0.2) is 32.7 Å². The van der Waals surface area contributed by atoms with Gasteiger partial charge in [0, 0.05) is 35.8 Å². The largest absolute Gasteiger partial charge is 0.487 e.